The van der Waals surface area contributed by atoms with Crippen LogP contribution < -0.4 is 5.32 Å². The fraction of sp³-hybridized carbons (Fsp3) is 0.231. The Morgan fingerprint density at radius 3 is 2.10 bits per heavy atom. The van der Waals surface area contributed by atoms with Crippen LogP contribution in [0.15, 0.2) is 24.3 Å². The van der Waals surface area contributed by atoms with Gasteiger partial charge in [-0.3, -0.25) is 29.4 Å². The summed E-state index contributed by atoms with van der Waals surface area (Å²) in [5.41, 5.74) is 0.438. The van der Waals surface area contributed by atoms with E-state index in [1.54, 1.807) is 12.1 Å². The second kappa shape index (κ2) is 4.24. The van der Waals surface area contributed by atoms with Gasteiger partial charge in [0.15, 0.2) is 0 Å². The molecular formula is C13H10N2O5. The normalized spacial score (nSPS) is 25.8. The second-order valence-electron chi connectivity index (χ2n) is 4.65. The van der Waals surface area contributed by atoms with E-state index in [-0.39, 0.29) is 17.5 Å². The van der Waals surface area contributed by atoms with E-state index in [0.717, 1.165) is 4.90 Å². The molecule has 1 aromatic carbocycles. The fourth-order valence-corrected chi connectivity index (χ4v) is 2.43. The van der Waals surface area contributed by atoms with Crippen molar-refractivity contribution >= 4 is 23.6 Å². The first-order valence-electron chi connectivity index (χ1n) is 6.00. The highest BCUT2D eigenvalue weighted by molar-refractivity contribution is 6.23. The minimum absolute atomic E-state index is 0.219. The van der Waals surface area contributed by atoms with Crippen molar-refractivity contribution in [2.24, 2.45) is 0 Å². The summed E-state index contributed by atoms with van der Waals surface area (Å²) in [5, 5.41) is 11.5. The number of amides is 4. The fourth-order valence-electron chi connectivity index (χ4n) is 2.43. The number of carbonyl (C=O) groups excluding carboxylic acids is 4. The van der Waals surface area contributed by atoms with E-state index in [1.165, 1.54) is 12.1 Å². The van der Waals surface area contributed by atoms with Gasteiger partial charge in [-0.1, -0.05) is 12.1 Å². The largest absolute Gasteiger partial charge is 0.383 e. The molecule has 20 heavy (non-hydrogen) atoms. The molecule has 0 bridgehead atoms. The van der Waals surface area contributed by atoms with Crippen molar-refractivity contribution in [1.82, 2.24) is 10.2 Å². The summed E-state index contributed by atoms with van der Waals surface area (Å²) in [7, 11) is 0. The lowest BCUT2D eigenvalue weighted by molar-refractivity contribution is -0.143. The van der Waals surface area contributed by atoms with Crippen LogP contribution in [0, 0.1) is 0 Å². The summed E-state index contributed by atoms with van der Waals surface area (Å²) in [6.45, 7) is 0. The van der Waals surface area contributed by atoms with Gasteiger partial charge < -0.3 is 5.11 Å². The molecule has 7 heteroatoms. The Hall–Kier alpha value is -2.54. The molecule has 7 nitrogen and oxygen atoms in total. The number of fused-ring (bicyclic) bond motifs is 1. The Balaban J connectivity index is 1.97. The lowest BCUT2D eigenvalue weighted by atomic mass is 10.0. The summed E-state index contributed by atoms with van der Waals surface area (Å²) in [5.74, 6) is -2.75. The summed E-state index contributed by atoms with van der Waals surface area (Å²) < 4.78 is 0. The smallest absolute Gasteiger partial charge is 0.262 e. The van der Waals surface area contributed by atoms with Crippen molar-refractivity contribution in [1.29, 1.82) is 0 Å². The molecule has 0 spiro atoms. The first kappa shape index (κ1) is 12.5. The molecule has 4 amide bonds. The quantitative estimate of drug-likeness (QED) is 0.643. The molecule has 0 radical (unpaired) electrons. The van der Waals surface area contributed by atoms with Gasteiger partial charge in [-0.2, -0.15) is 0 Å². The third-order valence-corrected chi connectivity index (χ3v) is 3.44. The molecule has 2 heterocycles. The van der Waals surface area contributed by atoms with Crippen molar-refractivity contribution in [3.63, 3.8) is 0 Å². The van der Waals surface area contributed by atoms with Crippen LogP contribution in [-0.2, 0) is 9.59 Å². The molecule has 1 aromatic rings. The number of hydrogen-bond acceptors (Lipinski definition) is 5. The predicted molar refractivity (Wildman–Crippen MR) is 64.5 cm³/mol. The molecular weight excluding hydrogens is 264 g/mol. The molecule has 3 rings (SSSR count). The zero-order valence-electron chi connectivity index (χ0n) is 10.2. The zero-order valence-corrected chi connectivity index (χ0v) is 10.2. The number of aliphatic hydroxyl groups excluding tert-OH is 1. The first-order valence-corrected chi connectivity index (χ1v) is 6.00. The predicted octanol–water partition coefficient (Wildman–Crippen LogP) is -0.941. The third kappa shape index (κ3) is 1.64. The SMILES string of the molecule is O=C1NC(=O)[C@@H](N2C(=O)c3ccccc3C2=O)C[C@@H]1O. The highest BCUT2D eigenvalue weighted by Gasteiger charge is 2.46. The Morgan fingerprint density at radius 1 is 1.00 bits per heavy atom. The monoisotopic (exact) mass is 274 g/mol. The number of aliphatic hydroxyl groups is 1. The number of benzene rings is 1. The topological polar surface area (TPSA) is 104 Å². The average molecular weight is 274 g/mol. The van der Waals surface area contributed by atoms with E-state index >= 15 is 0 Å². The Morgan fingerprint density at radius 2 is 1.55 bits per heavy atom. The van der Waals surface area contributed by atoms with Crippen LogP contribution in [-0.4, -0.2) is 45.8 Å². The summed E-state index contributed by atoms with van der Waals surface area (Å²) >= 11 is 0. The second-order valence-corrected chi connectivity index (χ2v) is 4.65. The maximum Gasteiger partial charge on any atom is 0.262 e. The van der Waals surface area contributed by atoms with Crippen molar-refractivity contribution in [3.8, 4) is 0 Å². The number of rotatable bonds is 1. The van der Waals surface area contributed by atoms with Crippen LogP contribution in [0.3, 0.4) is 0 Å². The van der Waals surface area contributed by atoms with Gasteiger partial charge in [0.05, 0.1) is 11.1 Å². The lowest BCUT2D eigenvalue weighted by Gasteiger charge is -2.30. The van der Waals surface area contributed by atoms with Gasteiger partial charge in [-0.05, 0) is 12.1 Å². The molecule has 102 valence electrons. The van der Waals surface area contributed by atoms with E-state index in [0.29, 0.717) is 0 Å². The van der Waals surface area contributed by atoms with Gasteiger partial charge in [0, 0.05) is 6.42 Å². The van der Waals surface area contributed by atoms with Gasteiger partial charge in [0.1, 0.15) is 12.1 Å². The van der Waals surface area contributed by atoms with Crippen molar-refractivity contribution < 1.29 is 24.3 Å². The van der Waals surface area contributed by atoms with Crippen LogP contribution in [0.5, 0.6) is 0 Å². The maximum absolute atomic E-state index is 12.2. The van der Waals surface area contributed by atoms with E-state index in [9.17, 15) is 24.3 Å². The summed E-state index contributed by atoms with van der Waals surface area (Å²) in [6, 6.07) is 5.06. The maximum atomic E-state index is 12.2. The molecule has 0 saturated carbocycles. The standard InChI is InChI=1S/C13H10N2O5/c16-9-5-8(10(17)14-11(9)18)15-12(19)6-3-1-2-4-7(6)13(15)20/h1-4,8-9,16H,5H2,(H,14,17,18)/t8-,9-/m0/s1. The minimum atomic E-state index is -1.41. The lowest BCUT2D eigenvalue weighted by Crippen LogP contribution is -2.58. The number of nitrogens with zero attached hydrogens (tertiary/aromatic N) is 1. The van der Waals surface area contributed by atoms with Gasteiger partial charge in [0.2, 0.25) is 5.91 Å². The number of piperidine rings is 1. The number of nitrogens with one attached hydrogen (secondary N) is 1. The van der Waals surface area contributed by atoms with Gasteiger partial charge in [-0.25, -0.2) is 0 Å². The zero-order chi connectivity index (χ0) is 14.4. The number of imide groups is 2. The van der Waals surface area contributed by atoms with E-state index in [4.69, 9.17) is 0 Å². The van der Waals surface area contributed by atoms with E-state index in [2.05, 4.69) is 0 Å². The highest BCUT2D eigenvalue weighted by atomic mass is 16.3. The number of carbonyl (C=O) groups is 4. The van der Waals surface area contributed by atoms with Crippen LogP contribution in [0.1, 0.15) is 27.1 Å². The van der Waals surface area contributed by atoms with Crippen molar-refractivity contribution in [3.05, 3.63) is 35.4 Å². The molecule has 0 aliphatic carbocycles. The molecule has 2 N–H and O–H groups in total. The Bertz CT molecular complexity index is 619. The summed E-state index contributed by atoms with van der Waals surface area (Å²) in [6.07, 6.45) is -1.70. The van der Waals surface area contributed by atoms with E-state index in [1.807, 2.05) is 5.32 Å². The van der Waals surface area contributed by atoms with Gasteiger partial charge in [0.25, 0.3) is 17.7 Å². The Kier molecular flexibility index (Phi) is 2.65. The van der Waals surface area contributed by atoms with Gasteiger partial charge >= 0.3 is 0 Å². The average Bonchev–Trinajstić information content (AvgIpc) is 2.68. The van der Waals surface area contributed by atoms with Crippen LogP contribution in [0.25, 0.3) is 0 Å². The van der Waals surface area contributed by atoms with Crippen molar-refractivity contribution in [2.45, 2.75) is 18.6 Å². The number of hydrogen-bond donors (Lipinski definition) is 2. The third-order valence-electron chi connectivity index (χ3n) is 3.44. The van der Waals surface area contributed by atoms with E-state index < -0.39 is 35.8 Å². The molecule has 1 fully saturated rings. The molecule has 0 aromatic heterocycles. The molecule has 1 saturated heterocycles. The van der Waals surface area contributed by atoms with Crippen LogP contribution in [0.2, 0.25) is 0 Å². The summed E-state index contributed by atoms with van der Waals surface area (Å²) in [4.78, 5) is 48.2. The highest BCUT2D eigenvalue weighted by Crippen LogP contribution is 2.27. The van der Waals surface area contributed by atoms with Crippen molar-refractivity contribution in [2.75, 3.05) is 0 Å². The molecule has 2 atom stereocenters. The molecule has 2 aliphatic rings. The van der Waals surface area contributed by atoms with Crippen LogP contribution in [0.4, 0.5) is 0 Å². The molecule has 2 aliphatic heterocycles. The first-order chi connectivity index (χ1) is 9.50. The minimum Gasteiger partial charge on any atom is -0.383 e. The van der Waals surface area contributed by atoms with Gasteiger partial charge in [-0.15, -0.1) is 0 Å². The Labute approximate surface area is 113 Å². The van der Waals surface area contributed by atoms with Crippen LogP contribution >= 0.6 is 0 Å². The molecule has 0 unspecified atom stereocenters.